The van der Waals surface area contributed by atoms with Crippen molar-refractivity contribution in [3.8, 4) is 11.1 Å². The molecule has 0 bridgehead atoms. The summed E-state index contributed by atoms with van der Waals surface area (Å²) in [7, 11) is 0. The van der Waals surface area contributed by atoms with Crippen LogP contribution in [-0.2, 0) is 9.53 Å². The van der Waals surface area contributed by atoms with Crippen molar-refractivity contribution in [3.63, 3.8) is 0 Å². The van der Waals surface area contributed by atoms with Crippen LogP contribution in [0.2, 0.25) is 0 Å². The number of ether oxygens (including phenoxy) is 1. The number of hydrogen-bond donors (Lipinski definition) is 3. The van der Waals surface area contributed by atoms with Gasteiger partial charge >= 0.3 is 11.9 Å². The Morgan fingerprint density at radius 2 is 1.56 bits per heavy atom. The highest BCUT2D eigenvalue weighted by molar-refractivity contribution is 5.91. The van der Waals surface area contributed by atoms with E-state index in [1.165, 1.54) is 0 Å². The summed E-state index contributed by atoms with van der Waals surface area (Å²) in [6, 6.07) is 16.8. The zero-order valence-electron chi connectivity index (χ0n) is 19.7. The fraction of sp³-hybridized carbons (Fsp3) is 0.500. The predicted octanol–water partition coefficient (Wildman–Crippen LogP) is 5.22. The van der Waals surface area contributed by atoms with Crippen LogP contribution in [0.15, 0.2) is 54.6 Å². The summed E-state index contributed by atoms with van der Waals surface area (Å²) in [5.74, 6) is -1.88. The minimum Gasteiger partial charge on any atom is -0.481 e. The van der Waals surface area contributed by atoms with E-state index in [9.17, 15) is 19.8 Å². The van der Waals surface area contributed by atoms with E-state index < -0.39 is 30.1 Å². The zero-order valence-corrected chi connectivity index (χ0v) is 19.7. The van der Waals surface area contributed by atoms with Crippen molar-refractivity contribution in [3.05, 3.63) is 60.2 Å². The van der Waals surface area contributed by atoms with Crippen molar-refractivity contribution >= 4 is 11.9 Å². The van der Waals surface area contributed by atoms with E-state index in [1.54, 1.807) is 18.2 Å². The number of carboxylic acid groups (broad SMARTS) is 1. The van der Waals surface area contributed by atoms with Gasteiger partial charge in [-0.2, -0.15) is 0 Å². The molecule has 3 rings (SSSR count). The molecule has 1 fully saturated rings. The minimum atomic E-state index is -1.41. The highest BCUT2D eigenvalue weighted by Gasteiger charge is 2.54. The summed E-state index contributed by atoms with van der Waals surface area (Å²) in [5.41, 5.74) is 0.762. The first-order valence-electron chi connectivity index (χ1n) is 12.4. The summed E-state index contributed by atoms with van der Waals surface area (Å²) < 4.78 is 5.92. The van der Waals surface area contributed by atoms with Gasteiger partial charge in [-0.05, 0) is 48.9 Å². The average molecular weight is 469 g/mol. The molecule has 6 heteroatoms. The Hall–Kier alpha value is -2.70. The third-order valence-electron chi connectivity index (χ3n) is 6.92. The maximum absolute atomic E-state index is 13.2. The van der Waals surface area contributed by atoms with Crippen LogP contribution >= 0.6 is 0 Å². The lowest BCUT2D eigenvalue weighted by molar-refractivity contribution is -0.152. The van der Waals surface area contributed by atoms with Gasteiger partial charge in [0.15, 0.2) is 5.60 Å². The smallest absolute Gasteiger partial charge is 0.338 e. The third-order valence-corrected chi connectivity index (χ3v) is 6.92. The molecule has 0 radical (unpaired) electrons. The second-order valence-corrected chi connectivity index (χ2v) is 9.29. The Bertz CT molecular complexity index is 928. The van der Waals surface area contributed by atoms with E-state index in [0.29, 0.717) is 24.8 Å². The molecule has 34 heavy (non-hydrogen) atoms. The maximum atomic E-state index is 13.2. The quantitative estimate of drug-likeness (QED) is 0.275. The SMILES string of the molecule is O=C(O)C[C@]1(OC(=O)c2cccc(-c3ccccc3)c2)[C@@H](CCCCCCCCO)CC[C@@H]1O. The van der Waals surface area contributed by atoms with Gasteiger partial charge in [0.2, 0.25) is 0 Å². The average Bonchev–Trinajstić information content (AvgIpc) is 3.13. The summed E-state index contributed by atoms with van der Waals surface area (Å²) in [5, 5.41) is 29.3. The van der Waals surface area contributed by atoms with Crippen molar-refractivity contribution in [2.45, 2.75) is 75.9 Å². The molecule has 3 N–H and O–H groups in total. The molecule has 0 spiro atoms. The highest BCUT2D eigenvalue weighted by atomic mass is 16.6. The molecule has 0 unspecified atom stereocenters. The Morgan fingerprint density at radius 3 is 2.26 bits per heavy atom. The Kier molecular flexibility index (Phi) is 9.66. The number of aliphatic hydroxyl groups excluding tert-OH is 2. The molecule has 3 atom stereocenters. The lowest BCUT2D eigenvalue weighted by Gasteiger charge is -2.36. The van der Waals surface area contributed by atoms with Crippen molar-refractivity contribution in [1.82, 2.24) is 0 Å². The third kappa shape index (κ3) is 6.67. The molecular formula is C28H36O6. The lowest BCUT2D eigenvalue weighted by Crippen LogP contribution is -2.49. The van der Waals surface area contributed by atoms with Gasteiger partial charge in [-0.25, -0.2) is 4.79 Å². The van der Waals surface area contributed by atoms with Crippen LogP contribution in [0, 0.1) is 5.92 Å². The van der Waals surface area contributed by atoms with E-state index in [2.05, 4.69) is 0 Å². The molecule has 184 valence electrons. The Balaban J connectivity index is 1.72. The van der Waals surface area contributed by atoms with Crippen LogP contribution in [0.25, 0.3) is 11.1 Å². The molecular weight excluding hydrogens is 432 g/mol. The van der Waals surface area contributed by atoms with Crippen molar-refractivity contribution in [2.75, 3.05) is 6.61 Å². The topological polar surface area (TPSA) is 104 Å². The highest BCUT2D eigenvalue weighted by Crippen LogP contribution is 2.45. The number of carboxylic acids is 1. The summed E-state index contributed by atoms with van der Waals surface area (Å²) in [6.07, 6.45) is 6.17. The molecule has 0 amide bonds. The number of rotatable bonds is 13. The second kappa shape index (κ2) is 12.7. The van der Waals surface area contributed by atoms with E-state index in [4.69, 9.17) is 9.84 Å². The van der Waals surface area contributed by atoms with Crippen molar-refractivity contribution in [1.29, 1.82) is 0 Å². The van der Waals surface area contributed by atoms with Gasteiger partial charge in [0.25, 0.3) is 0 Å². The Labute approximate surface area is 201 Å². The summed E-state index contributed by atoms with van der Waals surface area (Å²) in [6.45, 7) is 0.220. The van der Waals surface area contributed by atoms with E-state index in [1.807, 2.05) is 36.4 Å². The maximum Gasteiger partial charge on any atom is 0.338 e. The molecule has 0 saturated heterocycles. The van der Waals surface area contributed by atoms with Crippen molar-refractivity contribution in [2.24, 2.45) is 5.92 Å². The van der Waals surface area contributed by atoms with E-state index >= 15 is 0 Å². The lowest BCUT2D eigenvalue weighted by atomic mass is 9.82. The van der Waals surface area contributed by atoms with Gasteiger partial charge in [0.1, 0.15) is 0 Å². The number of esters is 1. The van der Waals surface area contributed by atoms with Crippen LogP contribution in [0.1, 0.15) is 74.6 Å². The first kappa shape index (κ1) is 25.9. The fourth-order valence-electron chi connectivity index (χ4n) is 5.09. The van der Waals surface area contributed by atoms with E-state index in [-0.39, 0.29) is 12.5 Å². The van der Waals surface area contributed by atoms with Gasteiger partial charge < -0.3 is 20.1 Å². The number of unbranched alkanes of at least 4 members (excludes halogenated alkanes) is 5. The van der Waals surface area contributed by atoms with Gasteiger partial charge in [-0.1, -0.05) is 74.6 Å². The molecule has 0 aromatic heterocycles. The molecule has 1 aliphatic carbocycles. The standard InChI is InChI=1S/C28H36O6/c29-18-9-4-2-1-3-8-15-24-16-17-25(30)28(24,20-26(31)32)34-27(33)23-14-10-13-22(19-23)21-11-6-5-7-12-21/h5-7,10-14,19,24-25,29-30H,1-4,8-9,15-18,20H2,(H,31,32)/t24-,25-,28-/m0/s1. The first-order chi connectivity index (χ1) is 16.5. The first-order valence-corrected chi connectivity index (χ1v) is 12.4. The molecule has 0 aliphatic heterocycles. The number of hydrogen-bond acceptors (Lipinski definition) is 5. The van der Waals surface area contributed by atoms with Crippen LogP contribution in [-0.4, -0.2) is 45.6 Å². The predicted molar refractivity (Wildman–Crippen MR) is 130 cm³/mol. The summed E-state index contributed by atoms with van der Waals surface area (Å²) in [4.78, 5) is 25.0. The van der Waals surface area contributed by atoms with Gasteiger partial charge in [-0.15, -0.1) is 0 Å². The normalized spacial score (nSPS) is 21.9. The van der Waals surface area contributed by atoms with Crippen LogP contribution in [0.4, 0.5) is 0 Å². The minimum absolute atomic E-state index is 0.197. The number of carbonyl (C=O) groups is 2. The number of benzene rings is 2. The molecule has 2 aromatic rings. The summed E-state index contributed by atoms with van der Waals surface area (Å²) >= 11 is 0. The molecule has 0 heterocycles. The van der Waals surface area contributed by atoms with Crippen LogP contribution < -0.4 is 0 Å². The van der Waals surface area contributed by atoms with Gasteiger partial charge in [0.05, 0.1) is 18.1 Å². The molecule has 1 aliphatic rings. The number of carbonyl (C=O) groups excluding carboxylic acids is 1. The van der Waals surface area contributed by atoms with Gasteiger partial charge in [-0.3, -0.25) is 4.79 Å². The molecule has 2 aromatic carbocycles. The van der Waals surface area contributed by atoms with Crippen LogP contribution in [0.3, 0.4) is 0 Å². The second-order valence-electron chi connectivity index (χ2n) is 9.29. The number of aliphatic carboxylic acids is 1. The molecule has 6 nitrogen and oxygen atoms in total. The van der Waals surface area contributed by atoms with Crippen molar-refractivity contribution < 1.29 is 29.6 Å². The molecule has 1 saturated carbocycles. The van der Waals surface area contributed by atoms with E-state index in [0.717, 1.165) is 49.7 Å². The fourth-order valence-corrected chi connectivity index (χ4v) is 5.09. The monoisotopic (exact) mass is 468 g/mol. The van der Waals surface area contributed by atoms with Gasteiger partial charge in [0, 0.05) is 12.5 Å². The number of aliphatic hydroxyl groups is 2. The largest absolute Gasteiger partial charge is 0.481 e. The zero-order chi connectivity index (χ0) is 24.4. The van der Waals surface area contributed by atoms with Crippen LogP contribution in [0.5, 0.6) is 0 Å². The Morgan fingerprint density at radius 1 is 0.882 bits per heavy atom.